The van der Waals surface area contributed by atoms with Gasteiger partial charge in [0.1, 0.15) is 5.75 Å². The van der Waals surface area contributed by atoms with Crippen molar-refractivity contribution < 1.29 is 19.3 Å². The Bertz CT molecular complexity index is 368. The summed E-state index contributed by atoms with van der Waals surface area (Å²) in [5, 5.41) is 8.97. The minimum Gasteiger partial charge on any atom is -0.496 e. The van der Waals surface area contributed by atoms with Crippen LogP contribution in [-0.2, 0) is 6.42 Å². The van der Waals surface area contributed by atoms with Crippen LogP contribution in [0.2, 0.25) is 0 Å². The van der Waals surface area contributed by atoms with Crippen molar-refractivity contribution in [3.8, 4) is 17.2 Å². The van der Waals surface area contributed by atoms with Crippen molar-refractivity contribution in [3.05, 3.63) is 17.7 Å². The summed E-state index contributed by atoms with van der Waals surface area (Å²) in [6.45, 7) is -0.0719. The summed E-state index contributed by atoms with van der Waals surface area (Å²) in [6.07, 6.45) is 0.514. The second-order valence-electron chi connectivity index (χ2n) is 3.67. The van der Waals surface area contributed by atoms with Crippen LogP contribution in [0, 0.1) is 0 Å². The first-order chi connectivity index (χ1) is 8.15. The number of aliphatic hydroxyl groups excluding tert-OH is 1. The van der Waals surface area contributed by atoms with E-state index in [1.54, 1.807) is 27.4 Å². The number of rotatable bonds is 6. The molecule has 0 amide bonds. The fraction of sp³-hybridized carbons (Fsp3) is 0.500. The van der Waals surface area contributed by atoms with Crippen LogP contribution >= 0.6 is 0 Å². The molecule has 96 valence electrons. The van der Waals surface area contributed by atoms with Gasteiger partial charge < -0.3 is 25.1 Å². The molecule has 1 aromatic rings. The lowest BCUT2D eigenvalue weighted by Gasteiger charge is -2.15. The van der Waals surface area contributed by atoms with Gasteiger partial charge in [0.25, 0.3) is 0 Å². The molecule has 0 aliphatic carbocycles. The van der Waals surface area contributed by atoms with Gasteiger partial charge in [-0.2, -0.15) is 0 Å². The molecule has 5 heteroatoms. The standard InChI is InChI=1S/C12H19NO4/c1-15-10-6-12(17-3)11(16-2)5-8(10)4-9(13)7-14/h5-6,9,14H,4,7,13H2,1-3H3. The highest BCUT2D eigenvalue weighted by molar-refractivity contribution is 5.51. The first-order valence-electron chi connectivity index (χ1n) is 5.31. The normalized spacial score (nSPS) is 12.1. The number of aliphatic hydroxyl groups is 1. The van der Waals surface area contributed by atoms with Crippen molar-refractivity contribution in [3.63, 3.8) is 0 Å². The van der Waals surface area contributed by atoms with E-state index in [0.717, 1.165) is 5.56 Å². The summed E-state index contributed by atoms with van der Waals surface area (Å²) in [6, 6.07) is 3.24. The maximum absolute atomic E-state index is 8.97. The quantitative estimate of drug-likeness (QED) is 0.762. The molecular weight excluding hydrogens is 222 g/mol. The highest BCUT2D eigenvalue weighted by Gasteiger charge is 2.13. The predicted octanol–water partition coefficient (Wildman–Crippen LogP) is 0.575. The van der Waals surface area contributed by atoms with Gasteiger partial charge in [0.15, 0.2) is 11.5 Å². The van der Waals surface area contributed by atoms with Gasteiger partial charge in [-0.3, -0.25) is 0 Å². The molecule has 1 aromatic carbocycles. The molecule has 3 N–H and O–H groups in total. The molecule has 5 nitrogen and oxygen atoms in total. The van der Waals surface area contributed by atoms with Crippen LogP contribution in [0.5, 0.6) is 17.2 Å². The van der Waals surface area contributed by atoms with Gasteiger partial charge in [-0.1, -0.05) is 0 Å². The van der Waals surface area contributed by atoms with Crippen LogP contribution < -0.4 is 19.9 Å². The van der Waals surface area contributed by atoms with Gasteiger partial charge in [0, 0.05) is 12.1 Å². The first-order valence-corrected chi connectivity index (χ1v) is 5.31. The number of benzene rings is 1. The zero-order valence-corrected chi connectivity index (χ0v) is 10.4. The Morgan fingerprint density at radius 1 is 1.06 bits per heavy atom. The second-order valence-corrected chi connectivity index (χ2v) is 3.67. The SMILES string of the molecule is COc1cc(OC)c(OC)cc1CC(N)CO. The lowest BCUT2D eigenvalue weighted by molar-refractivity contribution is 0.264. The van der Waals surface area contributed by atoms with Crippen LogP contribution in [0.15, 0.2) is 12.1 Å². The van der Waals surface area contributed by atoms with Gasteiger partial charge in [0.05, 0.1) is 27.9 Å². The Morgan fingerprint density at radius 2 is 1.59 bits per heavy atom. The molecule has 1 unspecified atom stereocenters. The Labute approximate surface area is 101 Å². The van der Waals surface area contributed by atoms with Gasteiger partial charge in [-0.05, 0) is 18.1 Å². The summed E-state index contributed by atoms with van der Waals surface area (Å²) in [7, 11) is 4.71. The molecule has 1 atom stereocenters. The summed E-state index contributed by atoms with van der Waals surface area (Å²) in [5.41, 5.74) is 6.59. The molecule has 0 spiro atoms. The highest BCUT2D eigenvalue weighted by atomic mass is 16.5. The molecule has 0 saturated carbocycles. The lowest BCUT2D eigenvalue weighted by Crippen LogP contribution is -2.27. The minimum atomic E-state index is -0.318. The van der Waals surface area contributed by atoms with E-state index in [4.69, 9.17) is 25.1 Å². The molecule has 0 aliphatic heterocycles. The number of hydrogen-bond donors (Lipinski definition) is 2. The third-order valence-electron chi connectivity index (χ3n) is 2.50. The molecule has 0 aromatic heterocycles. The maximum Gasteiger partial charge on any atom is 0.164 e. The third-order valence-corrected chi connectivity index (χ3v) is 2.50. The van der Waals surface area contributed by atoms with Crippen molar-refractivity contribution in [1.29, 1.82) is 0 Å². The maximum atomic E-state index is 8.97. The molecule has 1 rings (SSSR count). The summed E-state index contributed by atoms with van der Waals surface area (Å²) < 4.78 is 15.6. The van der Waals surface area contributed by atoms with Crippen molar-refractivity contribution in [2.75, 3.05) is 27.9 Å². The molecule has 0 heterocycles. The Hall–Kier alpha value is -1.46. The molecular formula is C12H19NO4. The van der Waals surface area contributed by atoms with E-state index >= 15 is 0 Å². The highest BCUT2D eigenvalue weighted by Crippen LogP contribution is 2.34. The number of methoxy groups -OCH3 is 3. The van der Waals surface area contributed by atoms with Gasteiger partial charge >= 0.3 is 0 Å². The van der Waals surface area contributed by atoms with Crippen LogP contribution in [0.4, 0.5) is 0 Å². The summed E-state index contributed by atoms with van der Waals surface area (Å²) >= 11 is 0. The van der Waals surface area contributed by atoms with Crippen molar-refractivity contribution in [1.82, 2.24) is 0 Å². The fourth-order valence-electron chi connectivity index (χ4n) is 1.60. The van der Waals surface area contributed by atoms with E-state index in [9.17, 15) is 0 Å². The molecule has 17 heavy (non-hydrogen) atoms. The van der Waals surface area contributed by atoms with E-state index in [-0.39, 0.29) is 12.6 Å². The Kier molecular flexibility index (Phi) is 5.06. The van der Waals surface area contributed by atoms with E-state index in [1.807, 2.05) is 6.07 Å². The number of nitrogens with two attached hydrogens (primary N) is 1. The third kappa shape index (κ3) is 3.25. The van der Waals surface area contributed by atoms with Crippen LogP contribution in [-0.4, -0.2) is 39.1 Å². The largest absolute Gasteiger partial charge is 0.496 e. The minimum absolute atomic E-state index is 0.0719. The average Bonchev–Trinajstić information content (AvgIpc) is 2.37. The van der Waals surface area contributed by atoms with Crippen molar-refractivity contribution in [2.24, 2.45) is 5.73 Å². The van der Waals surface area contributed by atoms with Gasteiger partial charge in [-0.15, -0.1) is 0 Å². The van der Waals surface area contributed by atoms with E-state index in [0.29, 0.717) is 23.7 Å². The smallest absolute Gasteiger partial charge is 0.164 e. The predicted molar refractivity (Wildman–Crippen MR) is 64.9 cm³/mol. The van der Waals surface area contributed by atoms with Crippen LogP contribution in [0.25, 0.3) is 0 Å². The number of hydrogen-bond acceptors (Lipinski definition) is 5. The molecule has 0 bridgehead atoms. The first kappa shape index (κ1) is 13.6. The molecule has 0 saturated heterocycles. The van der Waals surface area contributed by atoms with Crippen LogP contribution in [0.1, 0.15) is 5.56 Å². The van der Waals surface area contributed by atoms with Crippen molar-refractivity contribution >= 4 is 0 Å². The lowest BCUT2D eigenvalue weighted by atomic mass is 10.0. The van der Waals surface area contributed by atoms with E-state index in [1.165, 1.54) is 0 Å². The zero-order valence-electron chi connectivity index (χ0n) is 10.4. The zero-order chi connectivity index (χ0) is 12.8. The Morgan fingerprint density at radius 3 is 2.06 bits per heavy atom. The van der Waals surface area contributed by atoms with Gasteiger partial charge in [-0.25, -0.2) is 0 Å². The molecule has 0 fully saturated rings. The topological polar surface area (TPSA) is 73.9 Å². The van der Waals surface area contributed by atoms with Crippen LogP contribution in [0.3, 0.4) is 0 Å². The fourth-order valence-corrected chi connectivity index (χ4v) is 1.60. The Balaban J connectivity index is 3.09. The summed E-state index contributed by atoms with van der Waals surface area (Å²) in [4.78, 5) is 0. The molecule has 0 radical (unpaired) electrons. The average molecular weight is 241 g/mol. The monoisotopic (exact) mass is 241 g/mol. The number of ether oxygens (including phenoxy) is 3. The van der Waals surface area contributed by atoms with E-state index < -0.39 is 0 Å². The second kappa shape index (κ2) is 6.32. The van der Waals surface area contributed by atoms with Crippen molar-refractivity contribution in [2.45, 2.75) is 12.5 Å². The van der Waals surface area contributed by atoms with E-state index in [2.05, 4.69) is 0 Å². The summed E-state index contributed by atoms with van der Waals surface area (Å²) in [5.74, 6) is 1.89. The van der Waals surface area contributed by atoms with Gasteiger partial charge in [0.2, 0.25) is 0 Å². The molecule has 0 aliphatic rings.